The zero-order valence-electron chi connectivity index (χ0n) is 15.1. The van der Waals surface area contributed by atoms with Crippen LogP contribution in [-0.2, 0) is 16.3 Å². The van der Waals surface area contributed by atoms with E-state index < -0.39 is 33.3 Å². The second-order valence-corrected chi connectivity index (χ2v) is 8.74. The summed E-state index contributed by atoms with van der Waals surface area (Å²) in [5, 5.41) is 3.02. The molecule has 0 aromatic heterocycles. The molecule has 1 aliphatic heterocycles. The van der Waals surface area contributed by atoms with Gasteiger partial charge in [0.2, 0.25) is 9.92 Å². The fourth-order valence-corrected chi connectivity index (χ4v) is 4.26. The molecule has 0 spiro atoms. The van der Waals surface area contributed by atoms with Crippen LogP contribution in [0.3, 0.4) is 0 Å². The maximum Gasteiger partial charge on any atom is 0.492 e. The molecule has 0 amide bonds. The van der Waals surface area contributed by atoms with Crippen molar-refractivity contribution >= 4 is 9.92 Å². The van der Waals surface area contributed by atoms with Crippen molar-refractivity contribution in [1.82, 2.24) is 10.0 Å². The van der Waals surface area contributed by atoms with Crippen molar-refractivity contribution in [2.24, 2.45) is 0 Å². The second kappa shape index (κ2) is 7.81. The van der Waals surface area contributed by atoms with E-state index in [1.165, 1.54) is 0 Å². The van der Waals surface area contributed by atoms with E-state index in [-0.39, 0.29) is 12.8 Å². The molecule has 3 N–H and O–H groups in total. The minimum atomic E-state index is -5.16. The fraction of sp³-hybridized carbons (Fsp3) is 0.368. The summed E-state index contributed by atoms with van der Waals surface area (Å²) in [7, 11) is -4.96. The van der Waals surface area contributed by atoms with Gasteiger partial charge in [0.05, 0.1) is 0 Å². The predicted octanol–water partition coefficient (Wildman–Crippen LogP) is 4.15. The van der Waals surface area contributed by atoms with E-state index in [9.17, 15) is 17.4 Å². The molecule has 9 heteroatoms. The van der Waals surface area contributed by atoms with Crippen molar-refractivity contribution in [3.8, 4) is 11.1 Å². The molecule has 1 aliphatic rings. The van der Waals surface area contributed by atoms with Crippen LogP contribution in [0.15, 0.2) is 42.5 Å². The minimum absolute atomic E-state index is 0.122. The quantitative estimate of drug-likeness (QED) is 0.643. The molecule has 3 atom stereocenters. The highest BCUT2D eigenvalue weighted by molar-refractivity contribution is 7.91. The number of alkyl halides is 3. The highest BCUT2D eigenvalue weighted by Gasteiger charge is 2.44. The summed E-state index contributed by atoms with van der Waals surface area (Å²) in [5.74, 6) is -0.428. The van der Waals surface area contributed by atoms with Crippen LogP contribution in [0.5, 0.6) is 0 Å². The molecule has 3 unspecified atom stereocenters. The average Bonchev–Trinajstić information content (AvgIpc) is 3.02. The Labute approximate surface area is 161 Å². The van der Waals surface area contributed by atoms with Crippen molar-refractivity contribution in [3.05, 3.63) is 59.4 Å². The number of benzene rings is 2. The first kappa shape index (κ1) is 20.8. The molecule has 28 heavy (non-hydrogen) atoms. The number of hydrogen-bond acceptors (Lipinski definition) is 3. The predicted molar refractivity (Wildman–Crippen MR) is 101 cm³/mol. The van der Waals surface area contributed by atoms with Crippen LogP contribution in [0.25, 0.3) is 11.1 Å². The molecule has 0 aliphatic carbocycles. The number of nitrogens with one attached hydrogen (secondary N) is 3. The van der Waals surface area contributed by atoms with Gasteiger partial charge < -0.3 is 5.32 Å². The Morgan fingerprint density at radius 2 is 1.96 bits per heavy atom. The van der Waals surface area contributed by atoms with Gasteiger partial charge in [0.1, 0.15) is 5.82 Å². The molecular weight excluding hydrogens is 394 g/mol. The summed E-state index contributed by atoms with van der Waals surface area (Å²) in [6.07, 6.45) is 0.395. The molecule has 2 aromatic carbocycles. The lowest BCUT2D eigenvalue weighted by Gasteiger charge is -2.23. The number of hydrogen-bond donors (Lipinski definition) is 3. The first-order valence-electron chi connectivity index (χ1n) is 8.78. The van der Waals surface area contributed by atoms with Gasteiger partial charge in [0.25, 0.3) is 0 Å². The molecule has 0 radical (unpaired) electrons. The monoisotopic (exact) mass is 415 g/mol. The van der Waals surface area contributed by atoms with Crippen LogP contribution in [0.2, 0.25) is 0 Å². The second-order valence-electron chi connectivity index (χ2n) is 6.93. The van der Waals surface area contributed by atoms with Crippen LogP contribution >= 0.6 is 0 Å². The highest BCUT2D eigenvalue weighted by atomic mass is 32.2. The zero-order valence-corrected chi connectivity index (χ0v) is 16.0. The third kappa shape index (κ3) is 4.37. The maximum absolute atomic E-state index is 15.1. The molecule has 4 nitrogen and oxygen atoms in total. The largest absolute Gasteiger partial charge is 0.492 e. The highest BCUT2D eigenvalue weighted by Crippen LogP contribution is 2.28. The average molecular weight is 415 g/mol. The molecule has 1 fully saturated rings. The fourth-order valence-electron chi connectivity index (χ4n) is 3.41. The van der Waals surface area contributed by atoms with E-state index in [1.807, 2.05) is 29.8 Å². The van der Waals surface area contributed by atoms with Crippen LogP contribution in [0.1, 0.15) is 17.5 Å². The number of halogens is 4. The summed E-state index contributed by atoms with van der Waals surface area (Å²) in [5.41, 5.74) is -2.67. The van der Waals surface area contributed by atoms with E-state index in [0.29, 0.717) is 17.7 Å². The summed E-state index contributed by atoms with van der Waals surface area (Å²) >= 11 is 0. The lowest BCUT2D eigenvalue weighted by Crippen LogP contribution is -2.48. The summed E-state index contributed by atoms with van der Waals surface area (Å²) in [6.45, 7) is 2.30. The minimum Gasteiger partial charge on any atom is -0.312 e. The van der Waals surface area contributed by atoms with E-state index >= 15 is 4.39 Å². The number of aryl methyl sites for hydroxylation is 1. The van der Waals surface area contributed by atoms with E-state index in [0.717, 1.165) is 11.1 Å². The van der Waals surface area contributed by atoms with Crippen LogP contribution in [0, 0.1) is 17.5 Å². The summed E-state index contributed by atoms with van der Waals surface area (Å²) in [4.78, 5) is 0. The van der Waals surface area contributed by atoms with Gasteiger partial charge in [-0.1, -0.05) is 48.0 Å². The van der Waals surface area contributed by atoms with Gasteiger partial charge in [0, 0.05) is 17.6 Å². The Hall–Kier alpha value is -1.97. The molecule has 152 valence electrons. The Morgan fingerprint density at radius 3 is 2.64 bits per heavy atom. The van der Waals surface area contributed by atoms with Crippen molar-refractivity contribution in [3.63, 3.8) is 0 Å². The smallest absolute Gasteiger partial charge is 0.312 e. The Bertz CT molecular complexity index is 960. The van der Waals surface area contributed by atoms with E-state index in [1.54, 1.807) is 24.3 Å². The van der Waals surface area contributed by atoms with Crippen molar-refractivity contribution in [2.45, 2.75) is 37.4 Å². The maximum atomic E-state index is 15.1. The topological polar surface area (TPSA) is 65.0 Å². The molecule has 1 heterocycles. The van der Waals surface area contributed by atoms with Crippen molar-refractivity contribution in [2.75, 3.05) is 6.54 Å². The van der Waals surface area contributed by atoms with Crippen LogP contribution in [0.4, 0.5) is 17.6 Å². The van der Waals surface area contributed by atoms with Crippen LogP contribution in [-0.4, -0.2) is 28.3 Å². The van der Waals surface area contributed by atoms with Gasteiger partial charge in [-0.2, -0.15) is 13.2 Å². The lowest BCUT2D eigenvalue weighted by molar-refractivity contribution is -0.0420. The molecular formula is C19H21F4N3OS. The van der Waals surface area contributed by atoms with E-state index in [4.69, 9.17) is 4.78 Å². The molecule has 2 aromatic rings. The van der Waals surface area contributed by atoms with Crippen molar-refractivity contribution < 1.29 is 21.8 Å². The Kier molecular flexibility index (Phi) is 5.79. The molecule has 0 saturated carbocycles. The first-order valence-corrected chi connectivity index (χ1v) is 10.3. The molecule has 1 saturated heterocycles. The third-order valence-corrected chi connectivity index (χ3v) is 6.13. The number of rotatable bonds is 5. The normalized spacial score (nSPS) is 22.2. The van der Waals surface area contributed by atoms with Crippen molar-refractivity contribution in [1.29, 1.82) is 4.78 Å². The Balaban J connectivity index is 1.83. The Morgan fingerprint density at radius 1 is 1.25 bits per heavy atom. The van der Waals surface area contributed by atoms with E-state index in [2.05, 4.69) is 5.32 Å². The SMILES string of the molecule is Cc1cccc(-c2cccc(CC3NCCC3NS(=N)(=O)C(F)(F)F)c2F)c1. The zero-order chi connectivity index (χ0) is 20.5. The van der Waals surface area contributed by atoms with Gasteiger partial charge in [0.15, 0.2) is 0 Å². The standard InChI is InChI=1S/C19H21F4N3OS/c1-12-4-2-5-13(10-12)15-7-3-6-14(18(15)20)11-17-16(8-9-25-17)26-28(24,27)19(21,22)23/h2-7,10,16-17,25H,8-9,11H2,1H3,(H2,24,26,27). The summed E-state index contributed by atoms with van der Waals surface area (Å²) < 4.78 is 74.1. The molecule has 0 bridgehead atoms. The third-order valence-electron chi connectivity index (χ3n) is 4.84. The van der Waals surface area contributed by atoms with Crippen LogP contribution < -0.4 is 10.0 Å². The first-order chi connectivity index (χ1) is 13.1. The van der Waals surface area contributed by atoms with Gasteiger partial charge in [-0.25, -0.2) is 18.1 Å². The lowest BCUT2D eigenvalue weighted by atomic mass is 9.96. The summed E-state index contributed by atoms with van der Waals surface area (Å²) in [6, 6.07) is 10.9. The molecule has 3 rings (SSSR count). The van der Waals surface area contributed by atoms with Gasteiger partial charge in [-0.15, -0.1) is 0 Å². The van der Waals surface area contributed by atoms with Gasteiger partial charge in [-0.3, -0.25) is 0 Å². The van der Waals surface area contributed by atoms with Gasteiger partial charge in [-0.05, 0) is 37.4 Å². The van der Waals surface area contributed by atoms with Gasteiger partial charge >= 0.3 is 5.51 Å².